The van der Waals surface area contributed by atoms with E-state index < -0.39 is 0 Å². The lowest BCUT2D eigenvalue weighted by Gasteiger charge is -2.33. The summed E-state index contributed by atoms with van der Waals surface area (Å²) in [5, 5.41) is 28.6. The van der Waals surface area contributed by atoms with Crippen LogP contribution in [0.5, 0.6) is 11.5 Å². The molecule has 0 aliphatic carbocycles. The number of benzene rings is 2. The Balaban J connectivity index is 2.25. The van der Waals surface area contributed by atoms with Crippen LogP contribution >= 0.6 is 0 Å². The molecular formula is C18H23NO3. The topological polar surface area (TPSA) is 63.9 Å². The van der Waals surface area contributed by atoms with Gasteiger partial charge < -0.3 is 20.2 Å². The molecule has 0 spiro atoms. The zero-order chi connectivity index (χ0) is 15.9. The molecule has 2 rings (SSSR count). The van der Waals surface area contributed by atoms with Crippen molar-refractivity contribution in [2.75, 3.05) is 18.1 Å². The number of aliphatic hydroxyl groups excluding tert-OH is 1. The van der Waals surface area contributed by atoms with Gasteiger partial charge in [-0.25, -0.2) is 0 Å². The molecule has 0 aliphatic rings. The molecule has 2 aromatic carbocycles. The third-order valence-corrected chi connectivity index (χ3v) is 3.86. The highest BCUT2D eigenvalue weighted by Gasteiger charge is 2.18. The molecule has 0 amide bonds. The molecule has 0 radical (unpaired) electrons. The minimum atomic E-state index is -0.144. The van der Waals surface area contributed by atoms with Gasteiger partial charge in [-0.3, -0.25) is 0 Å². The van der Waals surface area contributed by atoms with Crippen LogP contribution in [-0.2, 0) is 6.42 Å². The van der Waals surface area contributed by atoms with E-state index in [1.54, 1.807) is 12.1 Å². The highest BCUT2D eigenvalue weighted by Crippen LogP contribution is 2.31. The summed E-state index contributed by atoms with van der Waals surface area (Å²) in [6, 6.07) is 15.2. The van der Waals surface area contributed by atoms with Gasteiger partial charge >= 0.3 is 0 Å². The van der Waals surface area contributed by atoms with E-state index in [1.807, 2.05) is 18.2 Å². The molecule has 3 N–H and O–H groups in total. The minimum absolute atomic E-state index is 0.0347. The summed E-state index contributed by atoms with van der Waals surface area (Å²) < 4.78 is 0. The summed E-state index contributed by atoms with van der Waals surface area (Å²) in [5.41, 5.74) is 2.03. The van der Waals surface area contributed by atoms with E-state index in [0.717, 1.165) is 18.5 Å². The normalized spacial score (nSPS) is 12.1. The fourth-order valence-corrected chi connectivity index (χ4v) is 2.68. The first kappa shape index (κ1) is 16.2. The first-order valence-corrected chi connectivity index (χ1v) is 7.59. The van der Waals surface area contributed by atoms with E-state index in [9.17, 15) is 15.3 Å². The third-order valence-electron chi connectivity index (χ3n) is 3.86. The van der Waals surface area contributed by atoms with E-state index in [1.165, 1.54) is 11.6 Å². The Kier molecular flexibility index (Phi) is 5.67. The molecular weight excluding hydrogens is 278 g/mol. The van der Waals surface area contributed by atoms with Gasteiger partial charge in [0.1, 0.15) is 0 Å². The van der Waals surface area contributed by atoms with Crippen LogP contribution in [0.4, 0.5) is 5.69 Å². The van der Waals surface area contributed by atoms with Crippen LogP contribution in [0.2, 0.25) is 0 Å². The SMILES string of the molecule is CCC(Cc1ccccc1)N(CCO)c1ccc(O)c(O)c1. The molecule has 0 fully saturated rings. The van der Waals surface area contributed by atoms with Gasteiger partial charge in [-0.15, -0.1) is 0 Å². The van der Waals surface area contributed by atoms with Gasteiger partial charge in [0.2, 0.25) is 0 Å². The molecule has 2 aromatic rings. The molecule has 0 saturated carbocycles. The molecule has 0 aliphatic heterocycles. The number of hydrogen-bond donors (Lipinski definition) is 3. The Morgan fingerprint density at radius 2 is 1.73 bits per heavy atom. The molecule has 0 aromatic heterocycles. The van der Waals surface area contributed by atoms with Gasteiger partial charge in [0.25, 0.3) is 0 Å². The van der Waals surface area contributed by atoms with Crippen molar-refractivity contribution in [3.63, 3.8) is 0 Å². The second-order valence-corrected chi connectivity index (χ2v) is 5.34. The van der Waals surface area contributed by atoms with E-state index >= 15 is 0 Å². The van der Waals surface area contributed by atoms with Crippen molar-refractivity contribution < 1.29 is 15.3 Å². The van der Waals surface area contributed by atoms with Crippen LogP contribution in [0.3, 0.4) is 0 Å². The summed E-state index contributed by atoms with van der Waals surface area (Å²) in [4.78, 5) is 2.08. The summed E-state index contributed by atoms with van der Waals surface area (Å²) in [7, 11) is 0. The fourth-order valence-electron chi connectivity index (χ4n) is 2.68. The van der Waals surface area contributed by atoms with Crippen molar-refractivity contribution >= 4 is 5.69 Å². The maximum Gasteiger partial charge on any atom is 0.159 e. The standard InChI is InChI=1S/C18H23NO3/c1-2-15(12-14-6-4-3-5-7-14)19(10-11-20)16-8-9-17(21)18(22)13-16/h3-9,13,15,20-22H,2,10-12H2,1H3. The molecule has 4 nitrogen and oxygen atoms in total. The Hall–Kier alpha value is -2.20. The molecule has 118 valence electrons. The number of anilines is 1. The van der Waals surface area contributed by atoms with Crippen molar-refractivity contribution in [3.8, 4) is 11.5 Å². The number of hydrogen-bond acceptors (Lipinski definition) is 4. The number of aliphatic hydroxyl groups is 1. The van der Waals surface area contributed by atoms with Crippen molar-refractivity contribution in [2.45, 2.75) is 25.8 Å². The zero-order valence-corrected chi connectivity index (χ0v) is 12.8. The summed E-state index contributed by atoms with van der Waals surface area (Å²) >= 11 is 0. The van der Waals surface area contributed by atoms with Gasteiger partial charge in [-0.2, -0.15) is 0 Å². The summed E-state index contributed by atoms with van der Waals surface area (Å²) in [6.45, 7) is 2.63. The van der Waals surface area contributed by atoms with Crippen LogP contribution in [0.15, 0.2) is 48.5 Å². The fraction of sp³-hybridized carbons (Fsp3) is 0.333. The van der Waals surface area contributed by atoms with Crippen molar-refractivity contribution in [2.24, 2.45) is 0 Å². The summed E-state index contributed by atoms with van der Waals surface area (Å²) in [6.07, 6.45) is 1.77. The quantitative estimate of drug-likeness (QED) is 0.688. The molecule has 0 heterocycles. The second-order valence-electron chi connectivity index (χ2n) is 5.34. The van der Waals surface area contributed by atoms with Crippen molar-refractivity contribution in [1.82, 2.24) is 0 Å². The maximum absolute atomic E-state index is 9.72. The molecule has 0 bridgehead atoms. The second kappa shape index (κ2) is 7.71. The van der Waals surface area contributed by atoms with Gasteiger partial charge in [0, 0.05) is 24.3 Å². The average molecular weight is 301 g/mol. The first-order chi connectivity index (χ1) is 10.7. The van der Waals surface area contributed by atoms with Crippen molar-refractivity contribution in [1.29, 1.82) is 0 Å². The van der Waals surface area contributed by atoms with E-state index in [-0.39, 0.29) is 24.1 Å². The number of phenolic OH excluding ortho intramolecular Hbond substituents is 2. The third kappa shape index (κ3) is 3.92. The molecule has 4 heteroatoms. The molecule has 22 heavy (non-hydrogen) atoms. The number of aromatic hydroxyl groups is 2. The lowest BCUT2D eigenvalue weighted by atomic mass is 10.0. The van der Waals surface area contributed by atoms with Gasteiger partial charge in [0.15, 0.2) is 11.5 Å². The number of rotatable bonds is 7. The van der Waals surface area contributed by atoms with Gasteiger partial charge in [-0.1, -0.05) is 37.3 Å². The highest BCUT2D eigenvalue weighted by atomic mass is 16.3. The Labute approximate surface area is 131 Å². The van der Waals surface area contributed by atoms with Gasteiger partial charge in [0.05, 0.1) is 6.61 Å². The summed E-state index contributed by atoms with van der Waals surface area (Å²) in [5.74, 6) is -0.279. The largest absolute Gasteiger partial charge is 0.504 e. The monoisotopic (exact) mass is 301 g/mol. The predicted octanol–water partition coefficient (Wildman–Crippen LogP) is 2.92. The first-order valence-electron chi connectivity index (χ1n) is 7.59. The van der Waals surface area contributed by atoms with Crippen LogP contribution < -0.4 is 4.90 Å². The van der Waals surface area contributed by atoms with E-state index in [4.69, 9.17) is 0 Å². The molecule has 1 atom stereocenters. The smallest absolute Gasteiger partial charge is 0.159 e. The Morgan fingerprint density at radius 3 is 2.32 bits per heavy atom. The lowest BCUT2D eigenvalue weighted by molar-refractivity contribution is 0.296. The van der Waals surface area contributed by atoms with Crippen LogP contribution in [0, 0.1) is 0 Å². The number of phenols is 2. The molecule has 0 saturated heterocycles. The van der Waals surface area contributed by atoms with Crippen molar-refractivity contribution in [3.05, 3.63) is 54.1 Å². The van der Waals surface area contributed by atoms with E-state index in [0.29, 0.717) is 6.54 Å². The van der Waals surface area contributed by atoms with Crippen LogP contribution in [0.25, 0.3) is 0 Å². The van der Waals surface area contributed by atoms with Gasteiger partial charge in [-0.05, 0) is 30.5 Å². The Bertz CT molecular complexity index is 586. The minimum Gasteiger partial charge on any atom is -0.504 e. The maximum atomic E-state index is 9.72. The van der Waals surface area contributed by atoms with E-state index in [2.05, 4.69) is 24.0 Å². The Morgan fingerprint density at radius 1 is 1.00 bits per heavy atom. The predicted molar refractivity (Wildman–Crippen MR) is 88.4 cm³/mol. The highest BCUT2D eigenvalue weighted by molar-refractivity contribution is 5.56. The lowest BCUT2D eigenvalue weighted by Crippen LogP contribution is -2.38. The zero-order valence-electron chi connectivity index (χ0n) is 12.8. The number of nitrogens with zero attached hydrogens (tertiary/aromatic N) is 1. The average Bonchev–Trinajstić information content (AvgIpc) is 2.54. The van der Waals surface area contributed by atoms with Crippen LogP contribution in [-0.4, -0.2) is 34.5 Å². The van der Waals surface area contributed by atoms with Crippen LogP contribution in [0.1, 0.15) is 18.9 Å². The molecule has 1 unspecified atom stereocenters.